The van der Waals surface area contributed by atoms with Crippen LogP contribution in [0.25, 0.3) is 0 Å². The van der Waals surface area contributed by atoms with E-state index in [9.17, 15) is 4.79 Å². The van der Waals surface area contributed by atoms with Gasteiger partial charge in [0.1, 0.15) is 0 Å². The molecule has 0 bridgehead atoms. The predicted octanol–water partition coefficient (Wildman–Crippen LogP) is 1.54. The van der Waals surface area contributed by atoms with Crippen LogP contribution in [0.2, 0.25) is 0 Å². The zero-order chi connectivity index (χ0) is 15.4. The first-order valence-corrected chi connectivity index (χ1v) is 7.58. The summed E-state index contributed by atoms with van der Waals surface area (Å²) in [5.74, 6) is 0.0293. The van der Waals surface area contributed by atoms with Gasteiger partial charge in [-0.3, -0.25) is 14.6 Å². The van der Waals surface area contributed by atoms with Crippen LogP contribution in [0.4, 0.5) is 11.4 Å². The smallest absolute Gasteiger partial charge is 0.238 e. The molecule has 0 saturated carbocycles. The Morgan fingerprint density at radius 3 is 2.57 bits per heavy atom. The summed E-state index contributed by atoms with van der Waals surface area (Å²) >= 11 is 0. The van der Waals surface area contributed by atoms with Gasteiger partial charge in [0.15, 0.2) is 0 Å². The number of amides is 1. The molecule has 1 aromatic rings. The van der Waals surface area contributed by atoms with Gasteiger partial charge in [0.25, 0.3) is 0 Å². The number of carbonyl (C=O) groups excluding carboxylic acids is 1. The van der Waals surface area contributed by atoms with Crippen LogP contribution in [-0.2, 0) is 4.79 Å². The van der Waals surface area contributed by atoms with Crippen molar-refractivity contribution in [2.75, 3.05) is 43.8 Å². The minimum absolute atomic E-state index is 0.0293. The Morgan fingerprint density at radius 1 is 1.29 bits per heavy atom. The minimum Gasteiger partial charge on any atom is -0.399 e. The molecule has 1 saturated heterocycles. The van der Waals surface area contributed by atoms with Crippen LogP contribution in [-0.4, -0.2) is 54.5 Å². The highest BCUT2D eigenvalue weighted by Gasteiger charge is 2.20. The molecule has 1 aromatic carbocycles. The Kier molecular flexibility index (Phi) is 5.20. The Balaban J connectivity index is 1.84. The Hall–Kier alpha value is -1.59. The molecule has 1 amide bonds. The molecule has 21 heavy (non-hydrogen) atoms. The average Bonchev–Trinajstić information content (AvgIpc) is 2.43. The monoisotopic (exact) mass is 290 g/mol. The molecular weight excluding hydrogens is 264 g/mol. The van der Waals surface area contributed by atoms with Crippen LogP contribution < -0.4 is 11.1 Å². The number of piperazine rings is 1. The minimum atomic E-state index is 0.0293. The fourth-order valence-corrected chi connectivity index (χ4v) is 2.60. The van der Waals surface area contributed by atoms with E-state index in [0.29, 0.717) is 18.3 Å². The largest absolute Gasteiger partial charge is 0.399 e. The number of aryl methyl sites for hydroxylation is 1. The van der Waals surface area contributed by atoms with Crippen LogP contribution in [0.15, 0.2) is 18.2 Å². The Labute approximate surface area is 127 Å². The molecule has 0 aliphatic carbocycles. The maximum absolute atomic E-state index is 12.2. The lowest BCUT2D eigenvalue weighted by molar-refractivity contribution is -0.117. The van der Waals surface area contributed by atoms with Crippen molar-refractivity contribution in [3.05, 3.63) is 23.8 Å². The fourth-order valence-electron chi connectivity index (χ4n) is 2.60. The van der Waals surface area contributed by atoms with E-state index in [1.165, 1.54) is 0 Å². The molecule has 2 rings (SSSR count). The highest BCUT2D eigenvalue weighted by molar-refractivity contribution is 5.93. The molecule has 0 spiro atoms. The van der Waals surface area contributed by atoms with Gasteiger partial charge in [0.2, 0.25) is 5.91 Å². The number of benzene rings is 1. The highest BCUT2D eigenvalue weighted by Crippen LogP contribution is 2.18. The summed E-state index contributed by atoms with van der Waals surface area (Å²) in [5.41, 5.74) is 8.27. The summed E-state index contributed by atoms with van der Waals surface area (Å²) < 4.78 is 0. The summed E-state index contributed by atoms with van der Waals surface area (Å²) in [6, 6.07) is 6.16. The van der Waals surface area contributed by atoms with Crippen molar-refractivity contribution >= 4 is 17.3 Å². The van der Waals surface area contributed by atoms with Crippen LogP contribution in [0, 0.1) is 6.92 Å². The molecule has 1 aliphatic rings. The third-order valence-corrected chi connectivity index (χ3v) is 4.04. The van der Waals surface area contributed by atoms with Gasteiger partial charge in [-0.1, -0.05) is 6.07 Å². The second kappa shape index (κ2) is 6.91. The molecule has 3 N–H and O–H groups in total. The summed E-state index contributed by atoms with van der Waals surface area (Å²) in [5, 5.41) is 2.96. The quantitative estimate of drug-likeness (QED) is 0.826. The van der Waals surface area contributed by atoms with E-state index in [-0.39, 0.29) is 5.91 Å². The Morgan fingerprint density at radius 2 is 1.95 bits per heavy atom. The molecule has 1 fully saturated rings. The lowest BCUT2D eigenvalue weighted by atomic mass is 10.2. The van der Waals surface area contributed by atoms with E-state index in [1.54, 1.807) is 0 Å². The van der Waals surface area contributed by atoms with Crippen LogP contribution in [0.3, 0.4) is 0 Å². The van der Waals surface area contributed by atoms with Gasteiger partial charge in [0, 0.05) is 43.6 Å². The summed E-state index contributed by atoms with van der Waals surface area (Å²) in [6.45, 7) is 10.8. The first kappa shape index (κ1) is 15.8. The van der Waals surface area contributed by atoms with Gasteiger partial charge in [-0.15, -0.1) is 0 Å². The second-order valence-corrected chi connectivity index (χ2v) is 6.03. The van der Waals surface area contributed by atoms with Crippen molar-refractivity contribution in [1.29, 1.82) is 0 Å². The fraction of sp³-hybridized carbons (Fsp3) is 0.562. The molecule has 1 aliphatic heterocycles. The SMILES string of the molecule is Cc1ccc(N)cc1NC(=O)CN1CCN(C(C)C)CC1. The number of nitrogens with zero attached hydrogens (tertiary/aromatic N) is 2. The third-order valence-electron chi connectivity index (χ3n) is 4.04. The van der Waals surface area contributed by atoms with Crippen molar-refractivity contribution in [2.24, 2.45) is 0 Å². The number of anilines is 2. The number of nitrogens with one attached hydrogen (secondary N) is 1. The normalized spacial score (nSPS) is 17.1. The molecule has 0 radical (unpaired) electrons. The Bertz CT molecular complexity index is 493. The van der Waals surface area contributed by atoms with Gasteiger partial charge < -0.3 is 11.1 Å². The number of hydrogen-bond acceptors (Lipinski definition) is 4. The number of nitrogens with two attached hydrogens (primary N) is 1. The molecule has 0 unspecified atom stereocenters. The van der Waals surface area contributed by atoms with Gasteiger partial charge in [0.05, 0.1) is 6.54 Å². The number of nitrogen functional groups attached to an aromatic ring is 1. The van der Waals surface area contributed by atoms with Crippen molar-refractivity contribution in [3.8, 4) is 0 Å². The maximum atomic E-state index is 12.2. The molecule has 0 atom stereocenters. The van der Waals surface area contributed by atoms with Crippen LogP contribution in [0.5, 0.6) is 0 Å². The first-order valence-electron chi connectivity index (χ1n) is 7.58. The van der Waals surface area contributed by atoms with Crippen molar-refractivity contribution in [3.63, 3.8) is 0 Å². The van der Waals surface area contributed by atoms with Crippen LogP contribution in [0.1, 0.15) is 19.4 Å². The van der Waals surface area contributed by atoms with Gasteiger partial charge in [-0.05, 0) is 38.5 Å². The molecule has 5 heteroatoms. The number of hydrogen-bond donors (Lipinski definition) is 2. The summed E-state index contributed by atoms with van der Waals surface area (Å²) in [7, 11) is 0. The third kappa shape index (κ3) is 4.44. The topological polar surface area (TPSA) is 61.6 Å². The molecular formula is C16H26N4O. The van der Waals surface area contributed by atoms with E-state index >= 15 is 0 Å². The van der Waals surface area contributed by atoms with Crippen LogP contribution >= 0.6 is 0 Å². The van der Waals surface area contributed by atoms with Gasteiger partial charge >= 0.3 is 0 Å². The first-order chi connectivity index (χ1) is 9.95. The van der Waals surface area contributed by atoms with Gasteiger partial charge in [-0.25, -0.2) is 0 Å². The van der Waals surface area contributed by atoms with E-state index in [4.69, 9.17) is 5.73 Å². The lowest BCUT2D eigenvalue weighted by Crippen LogP contribution is -2.50. The predicted molar refractivity (Wildman–Crippen MR) is 87.4 cm³/mol. The molecule has 5 nitrogen and oxygen atoms in total. The van der Waals surface area contributed by atoms with E-state index in [2.05, 4.69) is 29.0 Å². The summed E-state index contributed by atoms with van der Waals surface area (Å²) in [4.78, 5) is 16.8. The zero-order valence-corrected chi connectivity index (χ0v) is 13.2. The van der Waals surface area contributed by atoms with E-state index in [0.717, 1.165) is 37.4 Å². The van der Waals surface area contributed by atoms with E-state index < -0.39 is 0 Å². The lowest BCUT2D eigenvalue weighted by Gasteiger charge is -2.36. The summed E-state index contributed by atoms with van der Waals surface area (Å²) in [6.07, 6.45) is 0. The maximum Gasteiger partial charge on any atom is 0.238 e. The van der Waals surface area contributed by atoms with E-state index in [1.807, 2.05) is 25.1 Å². The standard InChI is InChI=1S/C16H26N4O/c1-12(2)20-8-6-19(7-9-20)11-16(21)18-15-10-14(17)5-4-13(15)3/h4-5,10,12H,6-9,11,17H2,1-3H3,(H,18,21). The van der Waals surface area contributed by atoms with Crippen molar-refractivity contribution in [1.82, 2.24) is 9.80 Å². The molecule has 116 valence electrons. The average molecular weight is 290 g/mol. The highest BCUT2D eigenvalue weighted by atomic mass is 16.2. The van der Waals surface area contributed by atoms with Crippen molar-refractivity contribution in [2.45, 2.75) is 26.8 Å². The zero-order valence-electron chi connectivity index (χ0n) is 13.2. The number of carbonyl (C=O) groups is 1. The number of rotatable bonds is 4. The molecule has 0 aromatic heterocycles. The molecule has 1 heterocycles. The van der Waals surface area contributed by atoms with Crippen molar-refractivity contribution < 1.29 is 4.79 Å². The second-order valence-electron chi connectivity index (χ2n) is 6.03. The van der Waals surface area contributed by atoms with Gasteiger partial charge in [-0.2, -0.15) is 0 Å².